The third-order valence-electron chi connectivity index (χ3n) is 4.24. The Morgan fingerprint density at radius 2 is 1.60 bits per heavy atom. The second-order valence-corrected chi connectivity index (χ2v) is 6.33. The average molecular weight is 399 g/mol. The lowest BCUT2D eigenvalue weighted by atomic mass is 10.1. The van der Waals surface area contributed by atoms with Crippen molar-refractivity contribution >= 4 is 11.6 Å². The number of nitrogens with zero attached hydrogens (tertiary/aromatic N) is 2. The first-order valence-corrected chi connectivity index (χ1v) is 9.42. The summed E-state index contributed by atoms with van der Waals surface area (Å²) in [6, 6.07) is 25.5. The van der Waals surface area contributed by atoms with Crippen molar-refractivity contribution in [1.29, 1.82) is 5.26 Å². The van der Waals surface area contributed by atoms with E-state index in [1.807, 2.05) is 30.3 Å². The van der Waals surface area contributed by atoms with Gasteiger partial charge in [-0.05, 0) is 48.9 Å². The Bertz CT molecular complexity index is 1060. The number of hydrazone groups is 1. The van der Waals surface area contributed by atoms with Gasteiger partial charge in [-0.15, -0.1) is 0 Å². The van der Waals surface area contributed by atoms with Crippen molar-refractivity contribution in [3.05, 3.63) is 95.6 Å². The summed E-state index contributed by atoms with van der Waals surface area (Å²) in [5.41, 5.74) is 4.95. The lowest BCUT2D eigenvalue weighted by Crippen LogP contribution is -2.21. The quantitative estimate of drug-likeness (QED) is 0.350. The van der Waals surface area contributed by atoms with Crippen LogP contribution in [0.2, 0.25) is 0 Å². The van der Waals surface area contributed by atoms with Crippen molar-refractivity contribution < 1.29 is 14.3 Å². The Kier molecular flexibility index (Phi) is 7.17. The average Bonchev–Trinajstić information content (AvgIpc) is 2.81. The number of para-hydroxylation sites is 2. The number of ether oxygens (including phenoxy) is 2. The van der Waals surface area contributed by atoms with Crippen LogP contribution in [0.15, 0.2) is 84.0 Å². The van der Waals surface area contributed by atoms with Gasteiger partial charge in [0.25, 0.3) is 5.91 Å². The summed E-state index contributed by atoms with van der Waals surface area (Å²) in [4.78, 5) is 12.6. The van der Waals surface area contributed by atoms with Gasteiger partial charge in [-0.25, -0.2) is 5.43 Å². The topological polar surface area (TPSA) is 83.7 Å². The fraction of sp³-hybridized carbons (Fsp3) is 0.125. The third-order valence-corrected chi connectivity index (χ3v) is 4.24. The monoisotopic (exact) mass is 399 g/mol. The van der Waals surface area contributed by atoms with Gasteiger partial charge in [0, 0.05) is 0 Å². The molecule has 0 saturated heterocycles. The summed E-state index contributed by atoms with van der Waals surface area (Å²) in [5, 5.41) is 13.0. The normalized spacial score (nSPS) is 10.7. The maximum atomic E-state index is 12.6. The lowest BCUT2D eigenvalue weighted by Gasteiger charge is -2.11. The highest BCUT2D eigenvalue weighted by atomic mass is 16.5. The van der Waals surface area contributed by atoms with Crippen LogP contribution in [0.4, 0.5) is 0 Å². The molecule has 0 spiro atoms. The van der Waals surface area contributed by atoms with Crippen LogP contribution in [0.1, 0.15) is 28.4 Å². The van der Waals surface area contributed by atoms with E-state index in [0.29, 0.717) is 35.8 Å². The molecule has 0 fully saturated rings. The molecule has 0 bridgehead atoms. The molecule has 1 amide bonds. The molecule has 0 saturated carbocycles. The molecule has 0 aliphatic heterocycles. The van der Waals surface area contributed by atoms with E-state index in [4.69, 9.17) is 14.7 Å². The minimum absolute atomic E-state index is 0.298. The summed E-state index contributed by atoms with van der Waals surface area (Å²) in [6.07, 6.45) is 0. The molecular weight excluding hydrogens is 378 g/mol. The number of rotatable bonds is 8. The molecule has 0 atom stereocenters. The van der Waals surface area contributed by atoms with Crippen LogP contribution in [0.5, 0.6) is 11.5 Å². The fourth-order valence-electron chi connectivity index (χ4n) is 2.65. The van der Waals surface area contributed by atoms with Gasteiger partial charge in [-0.2, -0.15) is 10.4 Å². The Morgan fingerprint density at radius 3 is 2.33 bits per heavy atom. The molecule has 0 heterocycles. The van der Waals surface area contributed by atoms with Crippen molar-refractivity contribution in [3.8, 4) is 17.6 Å². The molecule has 6 nitrogen and oxygen atoms in total. The molecule has 0 aliphatic rings. The van der Waals surface area contributed by atoms with Gasteiger partial charge in [0.1, 0.15) is 24.7 Å². The molecule has 3 aromatic carbocycles. The predicted octanol–water partition coefficient (Wildman–Crippen LogP) is 4.17. The number of amides is 1. The van der Waals surface area contributed by atoms with Crippen molar-refractivity contribution in [1.82, 2.24) is 5.43 Å². The van der Waals surface area contributed by atoms with Crippen molar-refractivity contribution in [2.45, 2.75) is 6.92 Å². The van der Waals surface area contributed by atoms with Crippen LogP contribution >= 0.6 is 0 Å². The van der Waals surface area contributed by atoms with Crippen LogP contribution in [0.3, 0.4) is 0 Å². The molecule has 150 valence electrons. The molecule has 0 aliphatic carbocycles. The van der Waals surface area contributed by atoms with Gasteiger partial charge in [0.2, 0.25) is 0 Å². The second kappa shape index (κ2) is 10.4. The number of carbonyl (C=O) groups is 1. The van der Waals surface area contributed by atoms with Gasteiger partial charge in [-0.3, -0.25) is 4.79 Å². The van der Waals surface area contributed by atoms with E-state index in [2.05, 4.69) is 16.6 Å². The van der Waals surface area contributed by atoms with Crippen LogP contribution < -0.4 is 14.9 Å². The van der Waals surface area contributed by atoms with E-state index < -0.39 is 0 Å². The van der Waals surface area contributed by atoms with Gasteiger partial charge in [0.15, 0.2) is 0 Å². The largest absolute Gasteiger partial charge is 0.490 e. The number of nitrogens with one attached hydrogen (secondary N) is 1. The zero-order valence-corrected chi connectivity index (χ0v) is 16.5. The van der Waals surface area contributed by atoms with E-state index in [9.17, 15) is 4.79 Å². The predicted molar refractivity (Wildman–Crippen MR) is 115 cm³/mol. The zero-order valence-electron chi connectivity index (χ0n) is 16.5. The van der Waals surface area contributed by atoms with Crippen molar-refractivity contribution in [2.24, 2.45) is 5.10 Å². The van der Waals surface area contributed by atoms with E-state index in [1.54, 1.807) is 55.5 Å². The second-order valence-electron chi connectivity index (χ2n) is 6.33. The van der Waals surface area contributed by atoms with Gasteiger partial charge in [0.05, 0.1) is 22.9 Å². The maximum Gasteiger partial charge on any atom is 0.275 e. The number of benzene rings is 3. The summed E-state index contributed by atoms with van der Waals surface area (Å²) in [5.74, 6) is 0.847. The molecule has 0 aromatic heterocycles. The standard InChI is InChI=1S/C24H21N3O3/c1-18(20-13-11-19(17-25)12-14-20)26-27-24(28)22-9-5-6-10-23(22)30-16-15-29-21-7-3-2-4-8-21/h2-14H,15-16H2,1H3,(H,27,28). The number of hydrogen-bond donors (Lipinski definition) is 1. The number of hydrogen-bond acceptors (Lipinski definition) is 5. The molecule has 30 heavy (non-hydrogen) atoms. The molecule has 1 N–H and O–H groups in total. The summed E-state index contributed by atoms with van der Waals surface area (Å²) in [7, 11) is 0. The highest BCUT2D eigenvalue weighted by molar-refractivity contribution is 6.01. The van der Waals surface area contributed by atoms with Gasteiger partial charge in [-0.1, -0.05) is 42.5 Å². The molecule has 3 rings (SSSR count). The Hall–Kier alpha value is -4.11. The molecular formula is C24H21N3O3. The summed E-state index contributed by atoms with van der Waals surface area (Å²) < 4.78 is 11.3. The SMILES string of the molecule is CC(=NNC(=O)c1ccccc1OCCOc1ccccc1)c1ccc(C#N)cc1. The van der Waals surface area contributed by atoms with E-state index in [-0.39, 0.29) is 5.91 Å². The molecule has 6 heteroatoms. The number of nitriles is 1. The lowest BCUT2D eigenvalue weighted by molar-refractivity contribution is 0.0949. The van der Waals surface area contributed by atoms with E-state index in [1.165, 1.54) is 0 Å². The molecule has 0 radical (unpaired) electrons. The number of carbonyl (C=O) groups excluding carboxylic acids is 1. The zero-order chi connectivity index (χ0) is 21.2. The highest BCUT2D eigenvalue weighted by Crippen LogP contribution is 2.18. The fourth-order valence-corrected chi connectivity index (χ4v) is 2.65. The first-order chi connectivity index (χ1) is 14.7. The van der Waals surface area contributed by atoms with Crippen molar-refractivity contribution in [3.63, 3.8) is 0 Å². The summed E-state index contributed by atoms with van der Waals surface area (Å²) in [6.45, 7) is 2.44. The summed E-state index contributed by atoms with van der Waals surface area (Å²) >= 11 is 0. The van der Waals surface area contributed by atoms with E-state index >= 15 is 0 Å². The minimum Gasteiger partial charge on any atom is -0.490 e. The van der Waals surface area contributed by atoms with Crippen molar-refractivity contribution in [2.75, 3.05) is 13.2 Å². The van der Waals surface area contributed by atoms with Gasteiger partial charge < -0.3 is 9.47 Å². The van der Waals surface area contributed by atoms with Gasteiger partial charge >= 0.3 is 0 Å². The first-order valence-electron chi connectivity index (χ1n) is 9.42. The van der Waals surface area contributed by atoms with Crippen LogP contribution in [-0.2, 0) is 0 Å². The minimum atomic E-state index is -0.373. The molecule has 3 aromatic rings. The Labute approximate surface area is 175 Å². The third kappa shape index (κ3) is 5.69. The highest BCUT2D eigenvalue weighted by Gasteiger charge is 2.12. The maximum absolute atomic E-state index is 12.6. The van der Waals surface area contributed by atoms with Crippen LogP contribution in [-0.4, -0.2) is 24.8 Å². The Balaban J connectivity index is 1.58. The molecule has 0 unspecified atom stereocenters. The first kappa shape index (κ1) is 20.6. The van der Waals surface area contributed by atoms with Crippen LogP contribution in [0, 0.1) is 11.3 Å². The van der Waals surface area contributed by atoms with E-state index in [0.717, 1.165) is 11.3 Å². The Morgan fingerprint density at radius 1 is 0.933 bits per heavy atom. The smallest absolute Gasteiger partial charge is 0.275 e. The van der Waals surface area contributed by atoms with Crippen LogP contribution in [0.25, 0.3) is 0 Å².